The lowest BCUT2D eigenvalue weighted by molar-refractivity contribution is -0.139. The Morgan fingerprint density at radius 3 is 2.41 bits per heavy atom. The van der Waals surface area contributed by atoms with Crippen molar-refractivity contribution in [2.75, 3.05) is 6.54 Å². The molecule has 1 rings (SSSR count). The van der Waals surface area contributed by atoms with Gasteiger partial charge in [0.25, 0.3) is 5.91 Å². The van der Waals surface area contributed by atoms with Gasteiger partial charge in [0.2, 0.25) is 0 Å². The number of carbonyl (C=O) groups is 3. The molecule has 7 nitrogen and oxygen atoms in total. The molecular weight excluding hydrogens is 348 g/mol. The Kier molecular flexibility index (Phi) is 9.05. The topological polar surface area (TPSA) is 105 Å². The van der Waals surface area contributed by atoms with Crippen molar-refractivity contribution in [3.05, 3.63) is 48.1 Å². The van der Waals surface area contributed by atoms with Gasteiger partial charge in [-0.05, 0) is 52.2 Å². The zero-order valence-electron chi connectivity index (χ0n) is 16.0. The molecule has 0 aromatic heterocycles. The maximum atomic E-state index is 12.1. The Morgan fingerprint density at radius 1 is 1.07 bits per heavy atom. The van der Waals surface area contributed by atoms with E-state index in [0.29, 0.717) is 25.0 Å². The van der Waals surface area contributed by atoms with E-state index in [-0.39, 0.29) is 12.3 Å². The van der Waals surface area contributed by atoms with Crippen LogP contribution in [-0.2, 0) is 14.3 Å². The Hall–Kier alpha value is -2.83. The van der Waals surface area contributed by atoms with E-state index in [2.05, 4.69) is 10.6 Å². The number of carbonyl (C=O) groups excluding carboxylic acids is 2. The molecule has 0 saturated carbocycles. The molecule has 0 fully saturated rings. The Balaban J connectivity index is 2.34. The number of rotatable bonds is 8. The number of allylic oxidation sites excluding steroid dienone is 6. The highest BCUT2D eigenvalue weighted by molar-refractivity contribution is 5.96. The first-order chi connectivity index (χ1) is 12.7. The van der Waals surface area contributed by atoms with Crippen LogP contribution in [0.5, 0.6) is 0 Å². The van der Waals surface area contributed by atoms with Crippen molar-refractivity contribution in [3.8, 4) is 0 Å². The molecule has 27 heavy (non-hydrogen) atoms. The Bertz CT molecular complexity index is 654. The number of carboxylic acids is 1. The van der Waals surface area contributed by atoms with E-state index in [1.807, 2.05) is 18.2 Å². The SMILES string of the molecule is CC(C)(C)OC(=O)NC(CCCCNC(=O)C1=C/C=C\C=C/C=C\1)C(=O)O. The van der Waals surface area contributed by atoms with Crippen LogP contribution in [0.15, 0.2) is 48.1 Å². The van der Waals surface area contributed by atoms with Crippen LogP contribution in [0, 0.1) is 0 Å². The predicted molar refractivity (Wildman–Crippen MR) is 103 cm³/mol. The summed E-state index contributed by atoms with van der Waals surface area (Å²) in [5.41, 5.74) is -0.145. The summed E-state index contributed by atoms with van der Waals surface area (Å²) in [6, 6.07) is -1.02. The van der Waals surface area contributed by atoms with Gasteiger partial charge in [0.05, 0.1) is 0 Å². The summed E-state index contributed by atoms with van der Waals surface area (Å²) in [5.74, 6) is -1.30. The number of unbranched alkanes of at least 4 members (excludes halogenated alkanes) is 1. The maximum absolute atomic E-state index is 12.1. The summed E-state index contributed by atoms with van der Waals surface area (Å²) in [4.78, 5) is 35.1. The highest BCUT2D eigenvalue weighted by Gasteiger charge is 2.23. The second kappa shape index (κ2) is 11.0. The van der Waals surface area contributed by atoms with E-state index in [1.54, 1.807) is 45.1 Å². The second-order valence-corrected chi connectivity index (χ2v) is 7.04. The maximum Gasteiger partial charge on any atom is 0.408 e. The van der Waals surface area contributed by atoms with Crippen LogP contribution in [-0.4, -0.2) is 41.3 Å². The third-order valence-electron chi connectivity index (χ3n) is 3.45. The fourth-order valence-electron chi connectivity index (χ4n) is 2.20. The van der Waals surface area contributed by atoms with Crippen molar-refractivity contribution in [2.24, 2.45) is 0 Å². The summed E-state index contributed by atoms with van der Waals surface area (Å²) in [7, 11) is 0. The summed E-state index contributed by atoms with van der Waals surface area (Å²) in [6.07, 6.45) is 13.2. The zero-order valence-corrected chi connectivity index (χ0v) is 16.0. The van der Waals surface area contributed by atoms with Crippen molar-refractivity contribution < 1.29 is 24.2 Å². The summed E-state index contributed by atoms with van der Waals surface area (Å²) < 4.78 is 5.07. The van der Waals surface area contributed by atoms with Gasteiger partial charge in [-0.25, -0.2) is 9.59 Å². The third-order valence-corrected chi connectivity index (χ3v) is 3.45. The number of ether oxygens (including phenoxy) is 1. The quantitative estimate of drug-likeness (QED) is 0.565. The molecule has 1 aliphatic rings. The fraction of sp³-hybridized carbons (Fsp3) is 0.450. The molecule has 148 valence electrons. The number of nitrogens with one attached hydrogen (secondary N) is 2. The van der Waals surface area contributed by atoms with Gasteiger partial charge >= 0.3 is 12.1 Å². The second-order valence-electron chi connectivity index (χ2n) is 7.04. The first kappa shape index (κ1) is 22.2. The van der Waals surface area contributed by atoms with Crippen molar-refractivity contribution >= 4 is 18.0 Å². The van der Waals surface area contributed by atoms with Crippen molar-refractivity contribution in [1.82, 2.24) is 10.6 Å². The number of alkyl carbamates (subject to hydrolysis) is 1. The van der Waals surface area contributed by atoms with Crippen LogP contribution < -0.4 is 10.6 Å². The smallest absolute Gasteiger partial charge is 0.408 e. The number of hydrogen-bond donors (Lipinski definition) is 3. The van der Waals surface area contributed by atoms with E-state index in [0.717, 1.165) is 0 Å². The highest BCUT2D eigenvalue weighted by Crippen LogP contribution is 2.08. The minimum absolute atomic E-state index is 0.187. The van der Waals surface area contributed by atoms with Crippen LogP contribution in [0.1, 0.15) is 40.0 Å². The average molecular weight is 376 g/mol. The molecule has 0 radical (unpaired) electrons. The van der Waals surface area contributed by atoms with Gasteiger partial charge in [0.15, 0.2) is 0 Å². The van der Waals surface area contributed by atoms with Crippen LogP contribution >= 0.6 is 0 Å². The Labute approximate surface area is 159 Å². The molecule has 1 unspecified atom stereocenters. The molecule has 1 atom stereocenters. The molecule has 0 spiro atoms. The predicted octanol–water partition coefficient (Wildman–Crippen LogP) is 2.86. The fourth-order valence-corrected chi connectivity index (χ4v) is 2.20. The van der Waals surface area contributed by atoms with Gasteiger partial charge in [-0.3, -0.25) is 4.79 Å². The standard InChI is InChI=1S/C20H28N2O5/c1-20(2,3)27-19(26)22-16(18(24)25)13-9-10-14-21-17(23)15-11-7-5-4-6-8-12-15/h4-8,11-12,16H,9-10,13-14H2,1-3H3,(H,21,23)(H,22,26)(H,24,25)/b5-4-,6-4?,7-5?,8-6-,11-7-,12-8?,15-11?,15-12+. The number of hydrogen-bond acceptors (Lipinski definition) is 4. The molecule has 0 aliphatic heterocycles. The first-order valence-electron chi connectivity index (χ1n) is 8.91. The average Bonchev–Trinajstić information content (AvgIpc) is 2.50. The lowest BCUT2D eigenvalue weighted by atomic mass is 10.1. The first-order valence-corrected chi connectivity index (χ1v) is 8.91. The molecule has 0 bridgehead atoms. The van der Waals surface area contributed by atoms with E-state index >= 15 is 0 Å². The normalized spacial score (nSPS) is 20.0. The van der Waals surface area contributed by atoms with Crippen LogP contribution in [0.4, 0.5) is 4.79 Å². The third kappa shape index (κ3) is 10.0. The Morgan fingerprint density at radius 2 is 1.74 bits per heavy atom. The van der Waals surface area contributed by atoms with Gasteiger partial charge < -0.3 is 20.5 Å². The van der Waals surface area contributed by atoms with Crippen LogP contribution in [0.3, 0.4) is 0 Å². The zero-order chi connectivity index (χ0) is 20.3. The van der Waals surface area contributed by atoms with Crippen molar-refractivity contribution in [1.29, 1.82) is 0 Å². The van der Waals surface area contributed by atoms with E-state index in [1.165, 1.54) is 0 Å². The monoisotopic (exact) mass is 376 g/mol. The molecule has 1 aliphatic carbocycles. The molecule has 7 heteroatoms. The van der Waals surface area contributed by atoms with Gasteiger partial charge in [-0.15, -0.1) is 0 Å². The van der Waals surface area contributed by atoms with Crippen molar-refractivity contribution in [2.45, 2.75) is 51.7 Å². The molecule has 0 aromatic rings. The lowest BCUT2D eigenvalue weighted by Crippen LogP contribution is -2.43. The van der Waals surface area contributed by atoms with Gasteiger partial charge in [-0.1, -0.05) is 30.4 Å². The summed E-state index contributed by atoms with van der Waals surface area (Å²) in [5, 5.41) is 14.4. The van der Waals surface area contributed by atoms with E-state index < -0.39 is 23.7 Å². The molecule has 2 amide bonds. The molecule has 0 aromatic carbocycles. The number of carboxylic acid groups (broad SMARTS) is 1. The lowest BCUT2D eigenvalue weighted by Gasteiger charge is -2.22. The van der Waals surface area contributed by atoms with Crippen LogP contribution in [0.25, 0.3) is 0 Å². The number of amides is 2. The highest BCUT2D eigenvalue weighted by atomic mass is 16.6. The molecule has 0 saturated heterocycles. The van der Waals surface area contributed by atoms with Gasteiger partial charge in [-0.2, -0.15) is 0 Å². The summed E-state index contributed by atoms with van der Waals surface area (Å²) in [6.45, 7) is 5.54. The van der Waals surface area contributed by atoms with E-state index in [9.17, 15) is 19.5 Å². The molecular formula is C20H28N2O5. The minimum atomic E-state index is -1.12. The molecule has 0 heterocycles. The van der Waals surface area contributed by atoms with Gasteiger partial charge in [0, 0.05) is 12.1 Å². The largest absolute Gasteiger partial charge is 0.480 e. The molecule has 3 N–H and O–H groups in total. The minimum Gasteiger partial charge on any atom is -0.480 e. The summed E-state index contributed by atoms with van der Waals surface area (Å²) >= 11 is 0. The van der Waals surface area contributed by atoms with Crippen molar-refractivity contribution in [3.63, 3.8) is 0 Å². The van der Waals surface area contributed by atoms with Crippen LogP contribution in [0.2, 0.25) is 0 Å². The number of aliphatic carboxylic acids is 1. The van der Waals surface area contributed by atoms with E-state index in [4.69, 9.17) is 4.74 Å². The van der Waals surface area contributed by atoms with Gasteiger partial charge in [0.1, 0.15) is 11.6 Å².